The summed E-state index contributed by atoms with van der Waals surface area (Å²) in [5.74, 6) is 0. The maximum absolute atomic E-state index is 12.6. The molecule has 1 aliphatic heterocycles. The highest BCUT2D eigenvalue weighted by molar-refractivity contribution is 5.54. The van der Waals surface area contributed by atoms with Crippen LogP contribution in [-0.4, -0.2) is 31.1 Å². The molecule has 0 aliphatic carbocycles. The molecular weight excluding hydrogens is 241 g/mol. The molecule has 1 aromatic carbocycles. The number of nitrogens with zero attached hydrogens (tertiary/aromatic N) is 1. The summed E-state index contributed by atoms with van der Waals surface area (Å²) in [6.45, 7) is 3.67. The summed E-state index contributed by atoms with van der Waals surface area (Å²) < 4.78 is 37.9. The summed E-state index contributed by atoms with van der Waals surface area (Å²) in [5, 5.41) is 3.21. The van der Waals surface area contributed by atoms with E-state index in [1.807, 2.05) is 14.0 Å². The van der Waals surface area contributed by atoms with Crippen molar-refractivity contribution in [3.05, 3.63) is 29.3 Å². The minimum atomic E-state index is -4.28. The summed E-state index contributed by atoms with van der Waals surface area (Å²) in [7, 11) is 2.01. The summed E-state index contributed by atoms with van der Waals surface area (Å²) in [6.07, 6.45) is -3.32. The monoisotopic (exact) mass is 258 g/mol. The lowest BCUT2D eigenvalue weighted by atomic mass is 10.1. The Bertz CT molecular complexity index is 429. The maximum atomic E-state index is 12.6. The number of hydrogen-bond donors (Lipinski definition) is 1. The van der Waals surface area contributed by atoms with E-state index in [1.165, 1.54) is 12.1 Å². The summed E-state index contributed by atoms with van der Waals surface area (Å²) >= 11 is 0. The van der Waals surface area contributed by atoms with Gasteiger partial charge in [0.05, 0.1) is 5.56 Å². The molecule has 1 aliphatic rings. The molecule has 0 amide bonds. The normalized spacial score (nSPS) is 21.3. The number of rotatable bonds is 2. The van der Waals surface area contributed by atoms with E-state index < -0.39 is 11.7 Å². The van der Waals surface area contributed by atoms with Gasteiger partial charge in [-0.3, -0.25) is 0 Å². The van der Waals surface area contributed by atoms with Crippen molar-refractivity contribution >= 4 is 5.69 Å². The van der Waals surface area contributed by atoms with Gasteiger partial charge in [-0.15, -0.1) is 0 Å². The largest absolute Gasteiger partial charge is 0.416 e. The highest BCUT2D eigenvalue weighted by atomic mass is 19.4. The molecule has 1 atom stereocenters. The second kappa shape index (κ2) is 4.80. The average Bonchev–Trinajstić information content (AvgIpc) is 2.66. The predicted molar refractivity (Wildman–Crippen MR) is 65.7 cm³/mol. The van der Waals surface area contributed by atoms with Crippen LogP contribution in [0.4, 0.5) is 18.9 Å². The minimum absolute atomic E-state index is 0.234. The number of benzene rings is 1. The van der Waals surface area contributed by atoms with Crippen molar-refractivity contribution in [1.82, 2.24) is 4.90 Å². The first kappa shape index (κ1) is 13.2. The summed E-state index contributed by atoms with van der Waals surface area (Å²) in [5.41, 5.74) is 0.838. The van der Waals surface area contributed by atoms with Crippen molar-refractivity contribution in [3.63, 3.8) is 0 Å². The number of anilines is 1. The fraction of sp³-hybridized carbons (Fsp3) is 0.538. The molecule has 1 aromatic rings. The van der Waals surface area contributed by atoms with Crippen molar-refractivity contribution in [2.75, 3.05) is 25.5 Å². The SMILES string of the molecule is Cc1ccc(C(F)(F)F)cc1NC1CCN(C)C1. The third-order valence-corrected chi connectivity index (χ3v) is 3.32. The number of nitrogens with one attached hydrogen (secondary N) is 1. The van der Waals surface area contributed by atoms with Crippen LogP contribution in [0.3, 0.4) is 0 Å². The van der Waals surface area contributed by atoms with E-state index in [9.17, 15) is 13.2 Å². The maximum Gasteiger partial charge on any atom is 0.416 e. The molecule has 0 aromatic heterocycles. The Morgan fingerprint density at radius 2 is 2.06 bits per heavy atom. The molecule has 0 spiro atoms. The summed E-state index contributed by atoms with van der Waals surface area (Å²) in [6, 6.07) is 4.08. The molecule has 100 valence electrons. The Labute approximate surface area is 105 Å². The Morgan fingerprint density at radius 1 is 1.33 bits per heavy atom. The average molecular weight is 258 g/mol. The third kappa shape index (κ3) is 2.96. The zero-order chi connectivity index (χ0) is 13.3. The molecule has 0 radical (unpaired) electrons. The van der Waals surface area contributed by atoms with E-state index in [1.54, 1.807) is 0 Å². The highest BCUT2D eigenvalue weighted by Gasteiger charge is 2.31. The lowest BCUT2D eigenvalue weighted by Gasteiger charge is -2.18. The van der Waals surface area contributed by atoms with E-state index in [0.717, 1.165) is 31.1 Å². The van der Waals surface area contributed by atoms with Gasteiger partial charge in [0.25, 0.3) is 0 Å². The van der Waals surface area contributed by atoms with Crippen LogP contribution in [0, 0.1) is 6.92 Å². The molecule has 18 heavy (non-hydrogen) atoms. The first-order valence-corrected chi connectivity index (χ1v) is 5.99. The second-order valence-electron chi connectivity index (χ2n) is 4.92. The lowest BCUT2D eigenvalue weighted by molar-refractivity contribution is -0.137. The van der Waals surface area contributed by atoms with Crippen molar-refractivity contribution in [2.45, 2.75) is 25.6 Å². The van der Waals surface area contributed by atoms with Gasteiger partial charge in [0.15, 0.2) is 0 Å². The predicted octanol–water partition coefficient (Wildman–Crippen LogP) is 3.13. The zero-order valence-corrected chi connectivity index (χ0v) is 10.5. The molecular formula is C13H17F3N2. The van der Waals surface area contributed by atoms with E-state index in [0.29, 0.717) is 5.69 Å². The van der Waals surface area contributed by atoms with Gasteiger partial charge in [0.1, 0.15) is 0 Å². The summed E-state index contributed by atoms with van der Waals surface area (Å²) in [4.78, 5) is 2.17. The quantitative estimate of drug-likeness (QED) is 0.876. The van der Waals surface area contributed by atoms with Crippen LogP contribution >= 0.6 is 0 Å². The number of hydrogen-bond acceptors (Lipinski definition) is 2. The van der Waals surface area contributed by atoms with Gasteiger partial charge in [0, 0.05) is 18.3 Å². The first-order valence-electron chi connectivity index (χ1n) is 5.99. The molecule has 1 heterocycles. The fourth-order valence-electron chi connectivity index (χ4n) is 2.23. The molecule has 0 bridgehead atoms. The molecule has 1 unspecified atom stereocenters. The molecule has 2 rings (SSSR count). The Kier molecular flexibility index (Phi) is 3.52. The smallest absolute Gasteiger partial charge is 0.381 e. The van der Waals surface area contributed by atoms with Gasteiger partial charge in [-0.05, 0) is 44.6 Å². The molecule has 1 fully saturated rings. The van der Waals surface area contributed by atoms with Crippen LogP contribution in [-0.2, 0) is 6.18 Å². The van der Waals surface area contributed by atoms with Crippen LogP contribution in [0.5, 0.6) is 0 Å². The molecule has 5 heteroatoms. The van der Waals surface area contributed by atoms with Gasteiger partial charge in [0.2, 0.25) is 0 Å². The Morgan fingerprint density at radius 3 is 2.61 bits per heavy atom. The number of likely N-dealkylation sites (tertiary alicyclic amines) is 1. The molecule has 1 saturated heterocycles. The van der Waals surface area contributed by atoms with Gasteiger partial charge in [-0.25, -0.2) is 0 Å². The minimum Gasteiger partial charge on any atom is -0.381 e. The Hall–Kier alpha value is -1.23. The fourth-order valence-corrected chi connectivity index (χ4v) is 2.23. The number of likely N-dealkylation sites (N-methyl/N-ethyl adjacent to an activating group) is 1. The Balaban J connectivity index is 2.16. The van der Waals surface area contributed by atoms with Crippen molar-refractivity contribution in [1.29, 1.82) is 0 Å². The van der Waals surface area contributed by atoms with Crippen LogP contribution in [0.15, 0.2) is 18.2 Å². The zero-order valence-electron chi connectivity index (χ0n) is 10.5. The highest BCUT2D eigenvalue weighted by Crippen LogP contribution is 2.32. The van der Waals surface area contributed by atoms with Crippen LogP contribution < -0.4 is 5.32 Å². The van der Waals surface area contributed by atoms with Crippen molar-refractivity contribution in [3.8, 4) is 0 Å². The lowest BCUT2D eigenvalue weighted by Crippen LogP contribution is -2.24. The van der Waals surface area contributed by atoms with Crippen LogP contribution in [0.1, 0.15) is 17.5 Å². The van der Waals surface area contributed by atoms with E-state index in [2.05, 4.69) is 10.2 Å². The van der Waals surface area contributed by atoms with Gasteiger partial charge in [-0.2, -0.15) is 13.2 Å². The van der Waals surface area contributed by atoms with Crippen LogP contribution in [0.2, 0.25) is 0 Å². The first-order chi connectivity index (χ1) is 8.36. The number of aryl methyl sites for hydroxylation is 1. The van der Waals surface area contributed by atoms with Gasteiger partial charge in [-0.1, -0.05) is 6.07 Å². The number of alkyl halides is 3. The van der Waals surface area contributed by atoms with Crippen molar-refractivity contribution in [2.24, 2.45) is 0 Å². The molecule has 2 nitrogen and oxygen atoms in total. The second-order valence-corrected chi connectivity index (χ2v) is 4.92. The number of halogens is 3. The molecule has 0 saturated carbocycles. The molecule has 1 N–H and O–H groups in total. The third-order valence-electron chi connectivity index (χ3n) is 3.32. The van der Waals surface area contributed by atoms with Gasteiger partial charge >= 0.3 is 6.18 Å². The standard InChI is InChI=1S/C13H17F3N2/c1-9-3-4-10(13(14,15)16)7-12(9)17-11-5-6-18(2)8-11/h3-4,7,11,17H,5-6,8H2,1-2H3. The van der Waals surface area contributed by atoms with E-state index in [4.69, 9.17) is 0 Å². The van der Waals surface area contributed by atoms with Gasteiger partial charge < -0.3 is 10.2 Å². The van der Waals surface area contributed by atoms with Crippen molar-refractivity contribution < 1.29 is 13.2 Å². The van der Waals surface area contributed by atoms with E-state index in [-0.39, 0.29) is 6.04 Å². The topological polar surface area (TPSA) is 15.3 Å². The van der Waals surface area contributed by atoms with Crippen LogP contribution in [0.25, 0.3) is 0 Å². The van der Waals surface area contributed by atoms with E-state index >= 15 is 0 Å².